The third-order valence-electron chi connectivity index (χ3n) is 7.10. The summed E-state index contributed by atoms with van der Waals surface area (Å²) in [5, 5.41) is 3.12. The van der Waals surface area contributed by atoms with Crippen molar-refractivity contribution in [1.29, 1.82) is 0 Å². The molecule has 0 spiro atoms. The van der Waals surface area contributed by atoms with Crippen molar-refractivity contribution in [3.63, 3.8) is 0 Å². The lowest BCUT2D eigenvalue weighted by molar-refractivity contribution is -0.136. The second kappa shape index (κ2) is 11.1. The summed E-state index contributed by atoms with van der Waals surface area (Å²) in [6, 6.07) is 9.80. The predicted octanol–water partition coefficient (Wildman–Crippen LogP) is 3.15. The van der Waals surface area contributed by atoms with Crippen LogP contribution in [0.2, 0.25) is 0 Å². The number of hydrogen-bond donors (Lipinski definition) is 1. The lowest BCUT2D eigenvalue weighted by atomic mass is 9.73. The van der Waals surface area contributed by atoms with Crippen LogP contribution in [0.25, 0.3) is 0 Å². The van der Waals surface area contributed by atoms with Crippen LogP contribution in [0.5, 0.6) is 0 Å². The average Bonchev–Trinajstić information content (AvgIpc) is 3.05. The highest BCUT2D eigenvalue weighted by molar-refractivity contribution is 6.07. The van der Waals surface area contributed by atoms with Crippen molar-refractivity contribution in [3.05, 3.63) is 35.9 Å². The number of imide groups is 1. The summed E-state index contributed by atoms with van der Waals surface area (Å²) in [6.45, 7) is 6.62. The number of nitrogens with zero attached hydrogens (tertiary/aromatic N) is 3. The molecule has 4 amide bonds. The Morgan fingerprint density at radius 3 is 2.42 bits per heavy atom. The number of likely N-dealkylation sites (tertiary alicyclic amines) is 1. The molecular formula is C26H40N4O3. The second-order valence-electron chi connectivity index (χ2n) is 10.2. The average molecular weight is 457 g/mol. The van der Waals surface area contributed by atoms with E-state index in [2.05, 4.69) is 31.3 Å². The Bertz CT molecular complexity index is 818. The quantitative estimate of drug-likeness (QED) is 0.549. The van der Waals surface area contributed by atoms with Crippen LogP contribution in [0.4, 0.5) is 4.79 Å². The van der Waals surface area contributed by atoms with E-state index < -0.39 is 5.54 Å². The molecule has 7 nitrogen and oxygen atoms in total. The Balaban J connectivity index is 1.64. The number of amides is 4. The maximum absolute atomic E-state index is 13.6. The van der Waals surface area contributed by atoms with E-state index in [9.17, 15) is 14.4 Å². The van der Waals surface area contributed by atoms with Gasteiger partial charge in [0.05, 0.1) is 0 Å². The Morgan fingerprint density at radius 1 is 1.15 bits per heavy atom. The van der Waals surface area contributed by atoms with Crippen LogP contribution in [0.1, 0.15) is 51.5 Å². The van der Waals surface area contributed by atoms with Crippen molar-refractivity contribution in [3.8, 4) is 0 Å². The standard InChI is InChI=1S/C26H40N4O3/c1-20(2)12-15-26(24(32)30(25(33)27-26)19-18-28(3)4)22-13-16-29(17-14-22)23(31)11-10-21-8-6-5-7-9-21/h5-9,20,22H,10-19H2,1-4H3,(H,27,33). The molecular weight excluding hydrogens is 416 g/mol. The van der Waals surface area contributed by atoms with Gasteiger partial charge in [0.25, 0.3) is 5.91 Å². The van der Waals surface area contributed by atoms with Crippen LogP contribution in [-0.4, -0.2) is 78.4 Å². The van der Waals surface area contributed by atoms with Gasteiger partial charge in [0, 0.05) is 32.6 Å². The molecule has 7 heteroatoms. The maximum atomic E-state index is 13.6. The molecule has 33 heavy (non-hydrogen) atoms. The van der Waals surface area contributed by atoms with E-state index in [1.165, 1.54) is 10.5 Å². The van der Waals surface area contributed by atoms with Gasteiger partial charge in [0.2, 0.25) is 5.91 Å². The molecule has 1 aromatic rings. The summed E-state index contributed by atoms with van der Waals surface area (Å²) >= 11 is 0. The number of hydrogen-bond acceptors (Lipinski definition) is 4. The fourth-order valence-corrected chi connectivity index (χ4v) is 4.99. The Hall–Kier alpha value is -2.41. The van der Waals surface area contributed by atoms with Crippen molar-refractivity contribution in [2.75, 3.05) is 40.3 Å². The lowest BCUT2D eigenvalue weighted by Gasteiger charge is -2.41. The minimum Gasteiger partial charge on any atom is -0.343 e. The SMILES string of the molecule is CC(C)CCC1(C2CCN(C(=O)CCc3ccccc3)CC2)NC(=O)N(CCN(C)C)C1=O. The monoisotopic (exact) mass is 456 g/mol. The van der Waals surface area contributed by atoms with Crippen LogP contribution in [0.15, 0.2) is 30.3 Å². The van der Waals surface area contributed by atoms with E-state index >= 15 is 0 Å². The number of aryl methyl sites for hydroxylation is 1. The molecule has 182 valence electrons. The second-order valence-corrected chi connectivity index (χ2v) is 10.2. The van der Waals surface area contributed by atoms with Crippen LogP contribution in [-0.2, 0) is 16.0 Å². The largest absolute Gasteiger partial charge is 0.343 e. The minimum absolute atomic E-state index is 0.0511. The van der Waals surface area contributed by atoms with E-state index in [4.69, 9.17) is 0 Å². The number of carbonyl (C=O) groups excluding carboxylic acids is 3. The zero-order chi connectivity index (χ0) is 24.0. The van der Waals surface area contributed by atoms with Gasteiger partial charge in [-0.1, -0.05) is 44.2 Å². The highest BCUT2D eigenvalue weighted by Crippen LogP contribution is 2.38. The molecule has 1 unspecified atom stereocenters. The van der Waals surface area contributed by atoms with Crippen molar-refractivity contribution in [2.24, 2.45) is 11.8 Å². The van der Waals surface area contributed by atoms with E-state index in [0.29, 0.717) is 44.9 Å². The van der Waals surface area contributed by atoms with E-state index in [-0.39, 0.29) is 23.8 Å². The summed E-state index contributed by atoms with van der Waals surface area (Å²) in [7, 11) is 3.88. The van der Waals surface area contributed by atoms with Gasteiger partial charge >= 0.3 is 6.03 Å². The van der Waals surface area contributed by atoms with Crippen LogP contribution in [0.3, 0.4) is 0 Å². The number of rotatable bonds is 10. The lowest BCUT2D eigenvalue weighted by Crippen LogP contribution is -2.56. The molecule has 2 heterocycles. The zero-order valence-corrected chi connectivity index (χ0v) is 20.7. The Labute approximate surface area is 198 Å². The molecule has 0 aliphatic carbocycles. The van der Waals surface area contributed by atoms with Crippen LogP contribution >= 0.6 is 0 Å². The topological polar surface area (TPSA) is 73.0 Å². The maximum Gasteiger partial charge on any atom is 0.325 e. The van der Waals surface area contributed by atoms with E-state index in [0.717, 1.165) is 25.7 Å². The first-order valence-corrected chi connectivity index (χ1v) is 12.3. The zero-order valence-electron chi connectivity index (χ0n) is 20.7. The van der Waals surface area contributed by atoms with Gasteiger partial charge in [-0.05, 0) is 63.6 Å². The molecule has 1 atom stereocenters. The number of piperidine rings is 1. The molecule has 0 aromatic heterocycles. The van der Waals surface area contributed by atoms with Crippen molar-refractivity contribution >= 4 is 17.8 Å². The molecule has 1 aromatic carbocycles. The normalized spacial score (nSPS) is 21.9. The van der Waals surface area contributed by atoms with Crippen molar-refractivity contribution in [1.82, 2.24) is 20.0 Å². The summed E-state index contributed by atoms with van der Waals surface area (Å²) in [5.41, 5.74) is 0.331. The fourth-order valence-electron chi connectivity index (χ4n) is 4.99. The summed E-state index contributed by atoms with van der Waals surface area (Å²) in [5.74, 6) is 0.587. The summed E-state index contributed by atoms with van der Waals surface area (Å²) < 4.78 is 0. The fraction of sp³-hybridized carbons (Fsp3) is 0.654. The van der Waals surface area contributed by atoms with E-state index in [1.807, 2.05) is 42.1 Å². The highest BCUT2D eigenvalue weighted by Gasteiger charge is 2.55. The highest BCUT2D eigenvalue weighted by atomic mass is 16.2. The van der Waals surface area contributed by atoms with Crippen molar-refractivity contribution < 1.29 is 14.4 Å². The summed E-state index contributed by atoms with van der Waals surface area (Å²) in [6.07, 6.45) is 4.25. The first-order valence-electron chi connectivity index (χ1n) is 12.3. The molecule has 1 N–H and O–H groups in total. The van der Waals surface area contributed by atoms with Gasteiger partial charge in [-0.2, -0.15) is 0 Å². The first kappa shape index (κ1) is 25.2. The minimum atomic E-state index is -0.840. The van der Waals surface area contributed by atoms with Crippen LogP contribution in [0, 0.1) is 11.8 Å². The van der Waals surface area contributed by atoms with E-state index in [1.54, 1.807) is 0 Å². The first-order chi connectivity index (χ1) is 15.7. The smallest absolute Gasteiger partial charge is 0.325 e. The number of urea groups is 1. The Morgan fingerprint density at radius 2 is 1.82 bits per heavy atom. The van der Waals surface area contributed by atoms with Gasteiger partial charge in [-0.3, -0.25) is 14.5 Å². The Kier molecular flexibility index (Phi) is 8.51. The molecule has 0 bridgehead atoms. The van der Waals surface area contributed by atoms with Crippen molar-refractivity contribution in [2.45, 2.75) is 57.9 Å². The molecule has 2 saturated heterocycles. The van der Waals surface area contributed by atoms with Gasteiger partial charge in [-0.25, -0.2) is 4.79 Å². The molecule has 3 rings (SSSR count). The van der Waals surface area contributed by atoms with Crippen LogP contribution < -0.4 is 5.32 Å². The van der Waals surface area contributed by atoms with Gasteiger partial charge in [0.1, 0.15) is 5.54 Å². The molecule has 2 aliphatic heterocycles. The number of likely N-dealkylation sites (N-methyl/N-ethyl adjacent to an activating group) is 1. The van der Waals surface area contributed by atoms with Gasteiger partial charge in [0.15, 0.2) is 0 Å². The molecule has 2 aliphatic rings. The predicted molar refractivity (Wildman–Crippen MR) is 130 cm³/mol. The summed E-state index contributed by atoms with van der Waals surface area (Å²) in [4.78, 5) is 44.5. The number of benzene rings is 1. The van der Waals surface area contributed by atoms with Gasteiger partial charge in [-0.15, -0.1) is 0 Å². The number of nitrogens with one attached hydrogen (secondary N) is 1. The third-order valence-corrected chi connectivity index (χ3v) is 7.10. The molecule has 0 saturated carbocycles. The molecule has 0 radical (unpaired) electrons. The van der Waals surface area contributed by atoms with Gasteiger partial charge < -0.3 is 15.1 Å². The molecule has 2 fully saturated rings. The number of carbonyl (C=O) groups is 3. The third kappa shape index (κ3) is 6.14.